The number of alkyl halides is 2. The number of hydrogen-bond acceptors (Lipinski definition) is 7. The van der Waals surface area contributed by atoms with E-state index in [1.807, 2.05) is 24.3 Å². The first kappa shape index (κ1) is 20.9. The van der Waals surface area contributed by atoms with Gasteiger partial charge in [-0.2, -0.15) is 8.78 Å². The Morgan fingerprint density at radius 2 is 1.77 bits per heavy atom. The number of para-hydroxylation sites is 3. The van der Waals surface area contributed by atoms with Crippen molar-refractivity contribution in [3.63, 3.8) is 0 Å². The van der Waals surface area contributed by atoms with Gasteiger partial charge < -0.3 is 14.8 Å². The topological polar surface area (TPSA) is 77.5 Å². The summed E-state index contributed by atoms with van der Waals surface area (Å²) in [6.45, 7) is -3.60. The zero-order valence-electron chi connectivity index (χ0n) is 15.7. The van der Waals surface area contributed by atoms with E-state index in [0.717, 1.165) is 20.1 Å². The summed E-state index contributed by atoms with van der Waals surface area (Å²) >= 11 is 2.73. The van der Waals surface area contributed by atoms with Crippen LogP contribution in [0, 0.1) is 0 Å². The van der Waals surface area contributed by atoms with Crippen LogP contribution in [0.25, 0.3) is 20.1 Å². The lowest BCUT2D eigenvalue weighted by Gasteiger charge is -2.11. The fourth-order valence-corrected chi connectivity index (χ4v) is 4.62. The average Bonchev–Trinajstić information content (AvgIpc) is 3.40. The molecule has 0 saturated heterocycles. The molecule has 0 aliphatic carbocycles. The second-order valence-corrected chi connectivity index (χ2v) is 8.26. The molecule has 1 amide bonds. The van der Waals surface area contributed by atoms with Gasteiger partial charge in [-0.3, -0.25) is 4.79 Å². The lowest BCUT2D eigenvalue weighted by atomic mass is 10.3. The fraction of sp³-hybridized carbons (Fsp3) is 0.0952. The maximum atomic E-state index is 12.5. The Labute approximate surface area is 183 Å². The zero-order chi connectivity index (χ0) is 21.8. The molecule has 0 radical (unpaired) electrons. The number of carbonyl (C=O) groups is 2. The van der Waals surface area contributed by atoms with Gasteiger partial charge in [-0.05, 0) is 36.4 Å². The molecular formula is C21H14F2N2O4S2. The molecule has 1 N–H and O–H groups in total. The summed E-state index contributed by atoms with van der Waals surface area (Å²) in [5.41, 5.74) is 0.936. The van der Waals surface area contributed by atoms with E-state index in [1.54, 1.807) is 18.2 Å². The van der Waals surface area contributed by atoms with Crippen molar-refractivity contribution in [2.75, 3.05) is 11.9 Å². The largest absolute Gasteiger partial charge is 0.451 e. The maximum Gasteiger partial charge on any atom is 0.387 e. The number of fused-ring (bicyclic) bond motifs is 1. The van der Waals surface area contributed by atoms with Gasteiger partial charge in [0.15, 0.2) is 6.61 Å². The number of thiophene rings is 1. The highest BCUT2D eigenvalue weighted by Crippen LogP contribution is 2.34. The molecule has 2 heterocycles. The number of ether oxygens (including phenoxy) is 2. The van der Waals surface area contributed by atoms with Crippen molar-refractivity contribution in [3.05, 3.63) is 65.5 Å². The third-order valence-electron chi connectivity index (χ3n) is 4.02. The normalized spacial score (nSPS) is 10.9. The third kappa shape index (κ3) is 5.04. The number of amides is 1. The van der Waals surface area contributed by atoms with Gasteiger partial charge in [0.2, 0.25) is 0 Å². The SMILES string of the molecule is O=C(COC(=O)c1ccc(-c2nc3ccccc3s2)s1)Nc1ccccc1OC(F)F. The van der Waals surface area contributed by atoms with Gasteiger partial charge in [-0.1, -0.05) is 24.3 Å². The quantitative estimate of drug-likeness (QED) is 0.373. The first-order valence-corrected chi connectivity index (χ1v) is 10.6. The van der Waals surface area contributed by atoms with E-state index in [1.165, 1.54) is 40.9 Å². The second-order valence-electron chi connectivity index (χ2n) is 6.15. The highest BCUT2D eigenvalue weighted by atomic mass is 32.1. The van der Waals surface area contributed by atoms with Crippen LogP contribution in [0.1, 0.15) is 9.67 Å². The molecule has 4 aromatic rings. The van der Waals surface area contributed by atoms with E-state index in [-0.39, 0.29) is 11.4 Å². The number of rotatable bonds is 7. The van der Waals surface area contributed by atoms with Crippen molar-refractivity contribution in [2.45, 2.75) is 6.61 Å². The molecule has 0 aliphatic rings. The predicted octanol–water partition coefficient (Wildman–Crippen LogP) is 5.42. The van der Waals surface area contributed by atoms with Crippen LogP contribution in [0.4, 0.5) is 14.5 Å². The molecule has 0 unspecified atom stereocenters. The van der Waals surface area contributed by atoms with Crippen molar-refractivity contribution in [1.29, 1.82) is 0 Å². The van der Waals surface area contributed by atoms with Gasteiger partial charge >= 0.3 is 12.6 Å². The molecule has 0 bridgehead atoms. The number of hydrogen-bond donors (Lipinski definition) is 1. The van der Waals surface area contributed by atoms with Crippen molar-refractivity contribution in [3.8, 4) is 15.6 Å². The van der Waals surface area contributed by atoms with E-state index < -0.39 is 25.1 Å². The van der Waals surface area contributed by atoms with Crippen molar-refractivity contribution < 1.29 is 27.8 Å². The highest BCUT2D eigenvalue weighted by molar-refractivity contribution is 7.26. The molecule has 158 valence electrons. The van der Waals surface area contributed by atoms with E-state index in [2.05, 4.69) is 15.0 Å². The first-order valence-electron chi connectivity index (χ1n) is 8.96. The number of nitrogens with zero attached hydrogens (tertiary/aromatic N) is 1. The number of aromatic nitrogens is 1. The lowest BCUT2D eigenvalue weighted by molar-refractivity contribution is -0.119. The number of esters is 1. The minimum absolute atomic E-state index is 0.0538. The number of anilines is 1. The molecule has 6 nitrogen and oxygen atoms in total. The Bertz CT molecular complexity index is 1210. The first-order chi connectivity index (χ1) is 15.0. The number of carbonyl (C=O) groups excluding carboxylic acids is 2. The Morgan fingerprint density at radius 1 is 1.00 bits per heavy atom. The molecule has 0 aliphatic heterocycles. The van der Waals surface area contributed by atoms with Gasteiger partial charge in [0, 0.05) is 0 Å². The highest BCUT2D eigenvalue weighted by Gasteiger charge is 2.17. The van der Waals surface area contributed by atoms with E-state index in [9.17, 15) is 18.4 Å². The van der Waals surface area contributed by atoms with Crippen LogP contribution in [0.15, 0.2) is 60.7 Å². The van der Waals surface area contributed by atoms with Gasteiger partial charge in [-0.25, -0.2) is 9.78 Å². The summed E-state index contributed by atoms with van der Waals surface area (Å²) in [4.78, 5) is 30.1. The molecular weight excluding hydrogens is 446 g/mol. The van der Waals surface area contributed by atoms with Crippen molar-refractivity contribution in [1.82, 2.24) is 4.98 Å². The minimum atomic E-state index is -3.03. The number of thiazole rings is 1. The van der Waals surface area contributed by atoms with Crippen molar-refractivity contribution >= 4 is 50.5 Å². The monoisotopic (exact) mass is 460 g/mol. The smallest absolute Gasteiger partial charge is 0.387 e. The van der Waals surface area contributed by atoms with Crippen LogP contribution in [-0.2, 0) is 9.53 Å². The van der Waals surface area contributed by atoms with Crippen LogP contribution in [0.2, 0.25) is 0 Å². The molecule has 2 aromatic heterocycles. The molecule has 31 heavy (non-hydrogen) atoms. The van der Waals surface area contributed by atoms with Gasteiger partial charge in [-0.15, -0.1) is 22.7 Å². The molecule has 0 saturated carbocycles. The average molecular weight is 460 g/mol. The van der Waals surface area contributed by atoms with Crippen LogP contribution >= 0.6 is 22.7 Å². The number of halogens is 2. The summed E-state index contributed by atoms with van der Waals surface area (Å²) in [5, 5.41) is 3.18. The molecule has 0 spiro atoms. The van der Waals surface area contributed by atoms with Gasteiger partial charge in [0.1, 0.15) is 15.6 Å². The number of nitrogens with one attached hydrogen (secondary N) is 1. The molecule has 0 atom stereocenters. The Morgan fingerprint density at radius 3 is 2.58 bits per heavy atom. The number of benzene rings is 2. The summed E-state index contributed by atoms with van der Waals surface area (Å²) in [6, 6.07) is 16.9. The molecule has 10 heteroatoms. The summed E-state index contributed by atoms with van der Waals surface area (Å²) < 4.78 is 35.4. The van der Waals surface area contributed by atoms with E-state index in [4.69, 9.17) is 4.74 Å². The third-order valence-corrected chi connectivity index (χ3v) is 6.29. The Hall–Kier alpha value is -3.37. The molecule has 0 fully saturated rings. The summed E-state index contributed by atoms with van der Waals surface area (Å²) in [7, 11) is 0. The van der Waals surface area contributed by atoms with E-state index in [0.29, 0.717) is 4.88 Å². The lowest BCUT2D eigenvalue weighted by Crippen LogP contribution is -2.21. The van der Waals surface area contributed by atoms with Crippen LogP contribution in [-0.4, -0.2) is 30.1 Å². The van der Waals surface area contributed by atoms with Crippen molar-refractivity contribution in [2.24, 2.45) is 0 Å². The Kier molecular flexibility index (Phi) is 6.19. The second kappa shape index (κ2) is 9.19. The van der Waals surface area contributed by atoms with Crippen LogP contribution in [0.3, 0.4) is 0 Å². The van der Waals surface area contributed by atoms with Gasteiger partial charge in [0.25, 0.3) is 5.91 Å². The zero-order valence-corrected chi connectivity index (χ0v) is 17.3. The van der Waals surface area contributed by atoms with Gasteiger partial charge in [0.05, 0.1) is 20.8 Å². The summed E-state index contributed by atoms with van der Waals surface area (Å²) in [6.07, 6.45) is 0. The fourth-order valence-electron chi connectivity index (χ4n) is 2.70. The standard InChI is InChI=1S/C21H14F2N2O4S2/c22-21(23)29-14-7-3-1-5-12(14)24-18(26)11-28-20(27)17-10-9-16(30-17)19-25-13-6-2-4-8-15(13)31-19/h1-10,21H,11H2,(H,24,26). The molecule has 2 aromatic carbocycles. The predicted molar refractivity (Wildman–Crippen MR) is 115 cm³/mol. The molecule has 4 rings (SSSR count). The van der Waals surface area contributed by atoms with E-state index >= 15 is 0 Å². The van der Waals surface area contributed by atoms with Crippen LogP contribution in [0.5, 0.6) is 5.75 Å². The van der Waals surface area contributed by atoms with Crippen LogP contribution < -0.4 is 10.1 Å². The Balaban J connectivity index is 1.37. The summed E-state index contributed by atoms with van der Waals surface area (Å²) in [5.74, 6) is -1.53. The minimum Gasteiger partial charge on any atom is -0.451 e. The maximum absolute atomic E-state index is 12.5.